The van der Waals surface area contributed by atoms with Gasteiger partial charge in [-0.1, -0.05) is 44.7 Å². The minimum absolute atomic E-state index is 0.291. The molecule has 0 radical (unpaired) electrons. The molecule has 0 bridgehead atoms. The molecule has 24 heavy (non-hydrogen) atoms. The summed E-state index contributed by atoms with van der Waals surface area (Å²) in [7, 11) is 0. The Kier molecular flexibility index (Phi) is 16.2. The molecular formula is C16H28Br2O6. The lowest BCUT2D eigenvalue weighted by atomic mass is 10.2. The number of alkyl halides is 2. The van der Waals surface area contributed by atoms with Crippen molar-refractivity contribution in [2.24, 2.45) is 0 Å². The summed E-state index contributed by atoms with van der Waals surface area (Å²) < 4.78 is 9.80. The number of carbonyl (C=O) groups excluding carboxylic acids is 2. The van der Waals surface area contributed by atoms with Crippen molar-refractivity contribution >= 4 is 43.8 Å². The first-order chi connectivity index (χ1) is 11.5. The van der Waals surface area contributed by atoms with Crippen LogP contribution in [0.3, 0.4) is 0 Å². The maximum atomic E-state index is 11.5. The maximum Gasteiger partial charge on any atom is 0.305 e. The van der Waals surface area contributed by atoms with Crippen molar-refractivity contribution < 1.29 is 29.3 Å². The highest BCUT2D eigenvalue weighted by Crippen LogP contribution is 2.06. The molecule has 8 heteroatoms. The largest absolute Gasteiger partial charge is 0.463 e. The molecule has 0 saturated carbocycles. The van der Waals surface area contributed by atoms with Crippen LogP contribution in [0.2, 0.25) is 0 Å². The summed E-state index contributed by atoms with van der Waals surface area (Å²) >= 11 is 6.63. The van der Waals surface area contributed by atoms with Crippen LogP contribution in [0.5, 0.6) is 0 Å². The molecule has 142 valence electrons. The second kappa shape index (κ2) is 16.3. The van der Waals surface area contributed by atoms with Gasteiger partial charge in [-0.2, -0.15) is 0 Å². The first-order valence-electron chi connectivity index (χ1n) is 8.30. The van der Waals surface area contributed by atoms with E-state index in [4.69, 9.17) is 9.47 Å². The highest BCUT2D eigenvalue weighted by Gasteiger charge is 2.20. The van der Waals surface area contributed by atoms with Crippen LogP contribution in [0.15, 0.2) is 0 Å². The fourth-order valence-electron chi connectivity index (χ4n) is 1.80. The fraction of sp³-hybridized carbons (Fsp3) is 0.875. The van der Waals surface area contributed by atoms with E-state index < -0.39 is 24.1 Å². The maximum absolute atomic E-state index is 11.5. The summed E-state index contributed by atoms with van der Waals surface area (Å²) in [6, 6.07) is 0. The van der Waals surface area contributed by atoms with Crippen LogP contribution in [-0.2, 0) is 19.1 Å². The third kappa shape index (κ3) is 14.2. The molecule has 0 amide bonds. The van der Waals surface area contributed by atoms with Gasteiger partial charge in [0.2, 0.25) is 0 Å². The molecule has 0 aromatic carbocycles. The van der Waals surface area contributed by atoms with E-state index >= 15 is 0 Å². The van der Waals surface area contributed by atoms with Crippen LogP contribution < -0.4 is 0 Å². The molecule has 0 aliphatic heterocycles. The summed E-state index contributed by atoms with van der Waals surface area (Å²) in [6.45, 7) is -0.609. The predicted molar refractivity (Wildman–Crippen MR) is 98.5 cm³/mol. The Balaban J connectivity index is 3.72. The second-order valence-corrected chi connectivity index (χ2v) is 7.09. The summed E-state index contributed by atoms with van der Waals surface area (Å²) in [5.41, 5.74) is 0. The van der Waals surface area contributed by atoms with Gasteiger partial charge in [-0.05, 0) is 25.7 Å². The van der Waals surface area contributed by atoms with Crippen LogP contribution >= 0.6 is 31.9 Å². The van der Waals surface area contributed by atoms with Gasteiger partial charge in [0.1, 0.15) is 25.4 Å². The molecule has 0 saturated heterocycles. The van der Waals surface area contributed by atoms with Gasteiger partial charge in [0.05, 0.1) is 0 Å². The predicted octanol–water partition coefficient (Wildman–Crippen LogP) is 2.71. The number of aliphatic hydroxyl groups is 2. The fourth-order valence-corrected chi connectivity index (χ4v) is 2.60. The molecule has 0 spiro atoms. The van der Waals surface area contributed by atoms with Crippen molar-refractivity contribution in [2.45, 2.75) is 63.6 Å². The van der Waals surface area contributed by atoms with Gasteiger partial charge in [0.25, 0.3) is 0 Å². The monoisotopic (exact) mass is 474 g/mol. The quantitative estimate of drug-likeness (QED) is 0.215. The van der Waals surface area contributed by atoms with Crippen molar-refractivity contribution in [1.82, 2.24) is 0 Å². The number of hydrogen-bond donors (Lipinski definition) is 2. The highest BCUT2D eigenvalue weighted by molar-refractivity contribution is 9.09. The van der Waals surface area contributed by atoms with Crippen LogP contribution in [0.25, 0.3) is 0 Å². The lowest BCUT2D eigenvalue weighted by molar-refractivity contribution is -0.156. The number of ether oxygens (including phenoxy) is 2. The summed E-state index contributed by atoms with van der Waals surface area (Å²) in [4.78, 5) is 22.9. The average molecular weight is 476 g/mol. The van der Waals surface area contributed by atoms with Gasteiger partial charge in [-0.15, -0.1) is 0 Å². The van der Waals surface area contributed by atoms with Gasteiger partial charge >= 0.3 is 11.9 Å². The lowest BCUT2D eigenvalue weighted by Gasteiger charge is -2.17. The van der Waals surface area contributed by atoms with Crippen molar-refractivity contribution in [3.05, 3.63) is 0 Å². The zero-order valence-corrected chi connectivity index (χ0v) is 17.1. The van der Waals surface area contributed by atoms with Crippen molar-refractivity contribution in [2.75, 3.05) is 23.9 Å². The first kappa shape index (κ1) is 23.8. The molecule has 2 N–H and O–H groups in total. The number of aliphatic hydroxyl groups excluding tert-OH is 2. The number of unbranched alkanes of at least 4 members (excludes halogenated alkanes) is 4. The Morgan fingerprint density at radius 2 is 1.08 bits per heavy atom. The summed E-state index contributed by atoms with van der Waals surface area (Å²) in [6.07, 6.45) is 3.36. The first-order valence-corrected chi connectivity index (χ1v) is 10.5. The van der Waals surface area contributed by atoms with Crippen LogP contribution in [-0.4, -0.2) is 58.2 Å². The van der Waals surface area contributed by atoms with E-state index in [1.807, 2.05) is 0 Å². The molecular weight excluding hydrogens is 448 g/mol. The SMILES string of the molecule is O=C(CCCCCBr)OC[C@@H](O)[C@H](O)COC(=O)CCCCCBr. The van der Waals surface area contributed by atoms with Crippen molar-refractivity contribution in [3.63, 3.8) is 0 Å². The summed E-state index contributed by atoms with van der Waals surface area (Å²) in [5.74, 6) is -0.806. The normalized spacial score (nSPS) is 13.3. The topological polar surface area (TPSA) is 93.1 Å². The number of halogens is 2. The van der Waals surface area contributed by atoms with E-state index in [1.165, 1.54) is 0 Å². The molecule has 0 aliphatic carbocycles. The number of carbonyl (C=O) groups is 2. The molecule has 0 heterocycles. The molecule has 0 fully saturated rings. The van der Waals surface area contributed by atoms with E-state index in [9.17, 15) is 19.8 Å². The Labute approximate surface area is 160 Å². The van der Waals surface area contributed by atoms with E-state index in [0.717, 1.165) is 49.2 Å². The van der Waals surface area contributed by atoms with E-state index in [0.29, 0.717) is 12.8 Å². The molecule has 0 aromatic rings. The summed E-state index contributed by atoms with van der Waals surface area (Å²) in [5, 5.41) is 21.2. The van der Waals surface area contributed by atoms with Crippen molar-refractivity contribution in [3.8, 4) is 0 Å². The van der Waals surface area contributed by atoms with Gasteiger partial charge in [0, 0.05) is 23.5 Å². The molecule has 0 aromatic heterocycles. The van der Waals surface area contributed by atoms with Crippen LogP contribution in [0.4, 0.5) is 0 Å². The molecule has 6 nitrogen and oxygen atoms in total. The zero-order chi connectivity index (χ0) is 18.2. The number of hydrogen-bond acceptors (Lipinski definition) is 6. The van der Waals surface area contributed by atoms with E-state index in [-0.39, 0.29) is 13.2 Å². The standard InChI is InChI=1S/C16H28Br2O6/c17-9-5-1-3-7-15(21)23-11-13(19)14(20)12-24-16(22)8-4-2-6-10-18/h13-14,19-20H,1-12H2/t13-,14-/m1/s1. The Bertz CT molecular complexity index is 309. The zero-order valence-electron chi connectivity index (χ0n) is 13.9. The third-order valence-electron chi connectivity index (χ3n) is 3.30. The van der Waals surface area contributed by atoms with E-state index in [1.54, 1.807) is 0 Å². The molecule has 0 aliphatic rings. The van der Waals surface area contributed by atoms with Gasteiger partial charge in [0.15, 0.2) is 0 Å². The minimum Gasteiger partial charge on any atom is -0.463 e. The molecule has 0 unspecified atom stereocenters. The molecule has 0 rings (SSSR count). The smallest absolute Gasteiger partial charge is 0.305 e. The average Bonchev–Trinajstić information content (AvgIpc) is 2.58. The number of esters is 2. The van der Waals surface area contributed by atoms with Crippen molar-refractivity contribution in [1.29, 1.82) is 0 Å². The third-order valence-corrected chi connectivity index (χ3v) is 4.42. The highest BCUT2D eigenvalue weighted by atomic mass is 79.9. The van der Waals surface area contributed by atoms with Gasteiger partial charge < -0.3 is 19.7 Å². The minimum atomic E-state index is -1.27. The molecule has 2 atom stereocenters. The van der Waals surface area contributed by atoms with Gasteiger partial charge in [-0.3, -0.25) is 9.59 Å². The van der Waals surface area contributed by atoms with Crippen LogP contribution in [0, 0.1) is 0 Å². The Morgan fingerprint density at radius 3 is 1.42 bits per heavy atom. The van der Waals surface area contributed by atoms with Gasteiger partial charge in [-0.25, -0.2) is 0 Å². The number of rotatable bonds is 15. The van der Waals surface area contributed by atoms with E-state index in [2.05, 4.69) is 31.9 Å². The second-order valence-electron chi connectivity index (χ2n) is 5.50. The Hall–Kier alpha value is -0.180. The lowest BCUT2D eigenvalue weighted by Crippen LogP contribution is -2.35. The van der Waals surface area contributed by atoms with Crippen LogP contribution in [0.1, 0.15) is 51.4 Å². The Morgan fingerprint density at radius 1 is 0.708 bits per heavy atom.